The van der Waals surface area contributed by atoms with E-state index >= 15 is 0 Å². The summed E-state index contributed by atoms with van der Waals surface area (Å²) in [4.78, 5) is 7.78. The van der Waals surface area contributed by atoms with Gasteiger partial charge in [-0.3, -0.25) is 0 Å². The first kappa shape index (κ1) is 8.72. The summed E-state index contributed by atoms with van der Waals surface area (Å²) in [6.07, 6.45) is 4.02. The Morgan fingerprint density at radius 1 is 1.75 bits per heavy atom. The molecule has 0 aliphatic carbocycles. The predicted molar refractivity (Wildman–Crippen MR) is 48.0 cm³/mol. The molecular weight excluding hydrogens is 152 g/mol. The molecule has 0 aromatic rings. The quantitative estimate of drug-likeness (QED) is 0.671. The van der Waals surface area contributed by atoms with E-state index in [-0.39, 0.29) is 0 Å². The number of hydrogen-bond acceptors (Lipinski definition) is 4. The van der Waals surface area contributed by atoms with Gasteiger partial charge in [0.1, 0.15) is 18.2 Å². The fourth-order valence-electron chi connectivity index (χ4n) is 1.13. The molecule has 0 saturated heterocycles. The third-order valence-corrected chi connectivity index (χ3v) is 1.98. The van der Waals surface area contributed by atoms with Gasteiger partial charge in [0, 0.05) is 0 Å². The summed E-state index contributed by atoms with van der Waals surface area (Å²) in [6.45, 7) is 2.07. The lowest BCUT2D eigenvalue weighted by atomic mass is 9.94. The molecule has 4 heteroatoms. The van der Waals surface area contributed by atoms with Gasteiger partial charge in [-0.15, -0.1) is 0 Å². The van der Waals surface area contributed by atoms with E-state index in [9.17, 15) is 0 Å². The zero-order valence-corrected chi connectivity index (χ0v) is 7.12. The molecule has 1 unspecified atom stereocenters. The smallest absolute Gasteiger partial charge is 0.204 e. The molecule has 1 aliphatic heterocycles. The maximum absolute atomic E-state index is 8.89. The summed E-state index contributed by atoms with van der Waals surface area (Å²) in [5.74, 6) is 0.332. The molecular formula is C8H12N4. The van der Waals surface area contributed by atoms with E-state index in [0.29, 0.717) is 12.3 Å². The van der Waals surface area contributed by atoms with Gasteiger partial charge < -0.3 is 5.73 Å². The van der Waals surface area contributed by atoms with Crippen LogP contribution in [0.25, 0.3) is 0 Å². The Balaban J connectivity index is 2.72. The second kappa shape index (κ2) is 3.35. The van der Waals surface area contributed by atoms with Crippen LogP contribution in [0.2, 0.25) is 0 Å². The van der Waals surface area contributed by atoms with Gasteiger partial charge in [0.25, 0.3) is 0 Å². The highest BCUT2D eigenvalue weighted by molar-refractivity contribution is 6.02. The summed E-state index contributed by atoms with van der Waals surface area (Å²) in [7, 11) is 0. The van der Waals surface area contributed by atoms with Crippen LogP contribution in [0.4, 0.5) is 0 Å². The van der Waals surface area contributed by atoms with Gasteiger partial charge in [-0.05, 0) is 12.8 Å². The number of amidine groups is 1. The first-order valence-corrected chi connectivity index (χ1v) is 4.04. The highest BCUT2D eigenvalue weighted by Crippen LogP contribution is 2.21. The van der Waals surface area contributed by atoms with Crippen LogP contribution in [0.1, 0.15) is 26.2 Å². The number of nitrogens with two attached hydrogens (primary N) is 1. The van der Waals surface area contributed by atoms with Crippen LogP contribution < -0.4 is 5.73 Å². The van der Waals surface area contributed by atoms with Crippen molar-refractivity contribution in [1.29, 1.82) is 5.26 Å². The average molecular weight is 164 g/mol. The lowest BCUT2D eigenvalue weighted by molar-refractivity contribution is 0.600. The van der Waals surface area contributed by atoms with Crippen molar-refractivity contribution in [3.8, 4) is 6.07 Å². The number of nitriles is 1. The fraction of sp³-hybridized carbons (Fsp3) is 0.625. The Morgan fingerprint density at radius 3 is 2.92 bits per heavy atom. The first-order chi connectivity index (χ1) is 5.75. The number of hydrogen-bond donors (Lipinski definition) is 1. The second-order valence-corrected chi connectivity index (χ2v) is 2.83. The van der Waals surface area contributed by atoms with E-state index in [4.69, 9.17) is 11.0 Å². The van der Waals surface area contributed by atoms with Gasteiger partial charge in [-0.1, -0.05) is 13.3 Å². The molecule has 12 heavy (non-hydrogen) atoms. The Morgan fingerprint density at radius 2 is 2.50 bits per heavy atom. The van der Waals surface area contributed by atoms with Gasteiger partial charge >= 0.3 is 0 Å². The van der Waals surface area contributed by atoms with E-state index in [0.717, 1.165) is 12.8 Å². The standard InChI is InChI=1S/C8H12N4/c1-2-3-4-8(5-9)7(10)11-6-12-8/h6H,2-4H2,1H3,(H2,10,11,12). The van der Waals surface area contributed by atoms with Crippen molar-refractivity contribution in [2.24, 2.45) is 15.7 Å². The van der Waals surface area contributed by atoms with Crippen LogP contribution >= 0.6 is 0 Å². The Bertz CT molecular complexity index is 261. The highest BCUT2D eigenvalue weighted by Gasteiger charge is 2.35. The van der Waals surface area contributed by atoms with Crippen molar-refractivity contribution in [2.75, 3.05) is 0 Å². The first-order valence-electron chi connectivity index (χ1n) is 4.04. The van der Waals surface area contributed by atoms with Crippen LogP contribution in [-0.4, -0.2) is 17.7 Å². The molecule has 0 saturated carbocycles. The summed E-state index contributed by atoms with van der Waals surface area (Å²) >= 11 is 0. The van der Waals surface area contributed by atoms with E-state index in [1.54, 1.807) is 0 Å². The third kappa shape index (κ3) is 1.30. The normalized spacial score (nSPS) is 26.8. The maximum Gasteiger partial charge on any atom is 0.204 e. The third-order valence-electron chi connectivity index (χ3n) is 1.98. The predicted octanol–water partition coefficient (Wildman–Crippen LogP) is 0.838. The molecule has 1 atom stereocenters. The number of nitrogens with zero attached hydrogens (tertiary/aromatic N) is 3. The lowest BCUT2D eigenvalue weighted by Crippen LogP contribution is -2.38. The molecule has 0 spiro atoms. The van der Waals surface area contributed by atoms with Crippen molar-refractivity contribution in [3.05, 3.63) is 0 Å². The van der Waals surface area contributed by atoms with Gasteiger partial charge in [0.05, 0.1) is 0 Å². The van der Waals surface area contributed by atoms with E-state index < -0.39 is 5.54 Å². The van der Waals surface area contributed by atoms with Crippen LogP contribution in [0.3, 0.4) is 0 Å². The second-order valence-electron chi connectivity index (χ2n) is 2.83. The molecule has 2 N–H and O–H groups in total. The molecule has 0 amide bonds. The maximum atomic E-state index is 8.89. The van der Waals surface area contributed by atoms with E-state index in [2.05, 4.69) is 23.0 Å². The van der Waals surface area contributed by atoms with Crippen LogP contribution in [0.15, 0.2) is 9.98 Å². The van der Waals surface area contributed by atoms with Crippen molar-refractivity contribution in [1.82, 2.24) is 0 Å². The van der Waals surface area contributed by atoms with Gasteiger partial charge in [0.15, 0.2) is 0 Å². The lowest BCUT2D eigenvalue weighted by Gasteiger charge is -2.16. The Hall–Kier alpha value is -1.37. The molecule has 0 fully saturated rings. The van der Waals surface area contributed by atoms with Crippen LogP contribution in [0, 0.1) is 11.3 Å². The molecule has 0 aromatic heterocycles. The zero-order valence-electron chi connectivity index (χ0n) is 7.12. The minimum Gasteiger partial charge on any atom is -0.384 e. The highest BCUT2D eigenvalue weighted by atomic mass is 15.1. The molecule has 0 radical (unpaired) electrons. The Labute approximate surface area is 71.8 Å². The number of rotatable bonds is 3. The van der Waals surface area contributed by atoms with Crippen molar-refractivity contribution in [3.63, 3.8) is 0 Å². The fourth-order valence-corrected chi connectivity index (χ4v) is 1.13. The molecule has 1 aliphatic rings. The molecule has 1 heterocycles. The van der Waals surface area contributed by atoms with E-state index in [1.807, 2.05) is 0 Å². The molecule has 4 nitrogen and oxygen atoms in total. The number of aliphatic imine (C=N–C) groups is 2. The van der Waals surface area contributed by atoms with E-state index in [1.165, 1.54) is 6.34 Å². The Kier molecular flexibility index (Phi) is 2.44. The molecule has 64 valence electrons. The van der Waals surface area contributed by atoms with Gasteiger partial charge in [-0.2, -0.15) is 5.26 Å². The number of unbranched alkanes of at least 4 members (excludes halogenated alkanes) is 1. The molecule has 1 rings (SSSR count). The zero-order chi connectivity index (χ0) is 9.03. The summed E-state index contributed by atoms with van der Waals surface area (Å²) in [5.41, 5.74) is 4.72. The monoisotopic (exact) mass is 164 g/mol. The van der Waals surface area contributed by atoms with Gasteiger partial charge in [0.2, 0.25) is 5.54 Å². The van der Waals surface area contributed by atoms with Crippen LogP contribution in [-0.2, 0) is 0 Å². The average Bonchev–Trinajstić information content (AvgIpc) is 2.45. The van der Waals surface area contributed by atoms with Crippen LogP contribution in [0.5, 0.6) is 0 Å². The molecule has 0 aromatic carbocycles. The minimum absolute atomic E-state index is 0.332. The van der Waals surface area contributed by atoms with Gasteiger partial charge in [-0.25, -0.2) is 9.98 Å². The topological polar surface area (TPSA) is 74.5 Å². The summed E-state index contributed by atoms with van der Waals surface area (Å²) in [6, 6.07) is 2.11. The molecule has 0 bridgehead atoms. The summed E-state index contributed by atoms with van der Waals surface area (Å²) in [5, 5.41) is 8.89. The van der Waals surface area contributed by atoms with Crippen molar-refractivity contribution in [2.45, 2.75) is 31.7 Å². The summed E-state index contributed by atoms with van der Waals surface area (Å²) < 4.78 is 0. The van der Waals surface area contributed by atoms with Crippen molar-refractivity contribution < 1.29 is 0 Å². The SMILES string of the molecule is CCCCC1(C#N)N=CN=C1N. The minimum atomic E-state index is -0.851. The van der Waals surface area contributed by atoms with Crippen molar-refractivity contribution >= 4 is 12.2 Å². The largest absolute Gasteiger partial charge is 0.384 e.